The van der Waals surface area contributed by atoms with Crippen molar-refractivity contribution in [3.8, 4) is 5.88 Å². The molecule has 0 aliphatic heterocycles. The monoisotopic (exact) mass is 236 g/mol. The van der Waals surface area contributed by atoms with E-state index in [0.29, 0.717) is 18.2 Å². The summed E-state index contributed by atoms with van der Waals surface area (Å²) in [7, 11) is 0. The molecule has 17 heavy (non-hydrogen) atoms. The molecule has 0 spiro atoms. The Morgan fingerprint density at radius 3 is 2.76 bits per heavy atom. The van der Waals surface area contributed by atoms with Gasteiger partial charge in [-0.1, -0.05) is 0 Å². The summed E-state index contributed by atoms with van der Waals surface area (Å²) in [5.74, 6) is 2.10. The normalized spacial score (nSPS) is 14.7. The minimum absolute atomic E-state index is 0.492. The molecule has 1 fully saturated rings. The third-order valence-electron chi connectivity index (χ3n) is 2.96. The van der Waals surface area contributed by atoms with Crippen molar-refractivity contribution in [1.82, 2.24) is 9.97 Å². The van der Waals surface area contributed by atoms with E-state index in [2.05, 4.69) is 21.8 Å². The van der Waals surface area contributed by atoms with Crippen LogP contribution in [0.2, 0.25) is 0 Å². The zero-order valence-corrected chi connectivity index (χ0v) is 10.5. The van der Waals surface area contributed by atoms with E-state index in [1.165, 1.54) is 19.2 Å². The third kappa shape index (κ3) is 2.78. The molecule has 0 unspecified atom stereocenters. The van der Waals surface area contributed by atoms with Gasteiger partial charge in [-0.25, -0.2) is 4.98 Å². The fourth-order valence-electron chi connectivity index (χ4n) is 1.85. The van der Waals surface area contributed by atoms with Crippen LogP contribution in [0, 0.1) is 5.92 Å². The van der Waals surface area contributed by atoms with E-state index in [9.17, 15) is 0 Å². The van der Waals surface area contributed by atoms with Gasteiger partial charge in [-0.2, -0.15) is 4.98 Å². The van der Waals surface area contributed by atoms with Gasteiger partial charge in [0.05, 0.1) is 6.61 Å². The number of aromatic nitrogens is 2. The Hall–Kier alpha value is -1.52. The maximum absolute atomic E-state index is 6.05. The molecular weight excluding hydrogens is 216 g/mol. The first kappa shape index (κ1) is 12.0. The van der Waals surface area contributed by atoms with E-state index < -0.39 is 0 Å². The van der Waals surface area contributed by atoms with Crippen molar-refractivity contribution < 1.29 is 4.74 Å². The lowest BCUT2D eigenvalue weighted by Gasteiger charge is -2.23. The number of hydrogen-bond donors (Lipinski definition) is 1. The molecular formula is C12H20N4O. The average Bonchev–Trinajstić information content (AvgIpc) is 3.13. The van der Waals surface area contributed by atoms with Crippen molar-refractivity contribution in [2.45, 2.75) is 26.7 Å². The molecule has 1 saturated carbocycles. The third-order valence-corrected chi connectivity index (χ3v) is 2.96. The van der Waals surface area contributed by atoms with Gasteiger partial charge in [0.1, 0.15) is 12.0 Å². The second-order valence-electron chi connectivity index (χ2n) is 4.33. The Morgan fingerprint density at radius 1 is 1.41 bits per heavy atom. The van der Waals surface area contributed by atoms with Gasteiger partial charge in [-0.15, -0.1) is 0 Å². The summed E-state index contributed by atoms with van der Waals surface area (Å²) in [6.07, 6.45) is 4.16. The highest BCUT2D eigenvalue weighted by molar-refractivity contribution is 5.67. The van der Waals surface area contributed by atoms with Crippen LogP contribution in [0.4, 0.5) is 11.5 Å². The first-order valence-electron chi connectivity index (χ1n) is 6.24. The van der Waals surface area contributed by atoms with Crippen LogP contribution in [0.25, 0.3) is 0 Å². The Labute approximate surface area is 102 Å². The molecule has 0 aromatic carbocycles. The summed E-state index contributed by atoms with van der Waals surface area (Å²) >= 11 is 0. The van der Waals surface area contributed by atoms with Crippen molar-refractivity contribution in [3.05, 3.63) is 6.33 Å². The predicted molar refractivity (Wildman–Crippen MR) is 68.2 cm³/mol. The molecule has 1 aliphatic rings. The molecule has 1 aromatic rings. The van der Waals surface area contributed by atoms with Gasteiger partial charge in [0.15, 0.2) is 5.82 Å². The molecule has 5 heteroatoms. The molecule has 0 atom stereocenters. The topological polar surface area (TPSA) is 64.3 Å². The predicted octanol–water partition coefficient (Wildman–Crippen LogP) is 1.69. The first-order valence-corrected chi connectivity index (χ1v) is 6.24. The van der Waals surface area contributed by atoms with Crippen molar-refractivity contribution in [3.63, 3.8) is 0 Å². The molecule has 1 aromatic heterocycles. The smallest absolute Gasteiger partial charge is 0.242 e. The molecule has 5 nitrogen and oxygen atoms in total. The van der Waals surface area contributed by atoms with Crippen molar-refractivity contribution in [2.24, 2.45) is 5.92 Å². The highest BCUT2D eigenvalue weighted by atomic mass is 16.5. The maximum atomic E-state index is 6.05. The zero-order chi connectivity index (χ0) is 12.3. The maximum Gasteiger partial charge on any atom is 0.242 e. The van der Waals surface area contributed by atoms with E-state index in [0.717, 1.165) is 24.8 Å². The second-order valence-corrected chi connectivity index (χ2v) is 4.33. The first-order chi connectivity index (χ1) is 8.26. The Balaban J connectivity index is 2.19. The molecule has 2 N–H and O–H groups in total. The molecule has 0 radical (unpaired) electrons. The number of hydrogen-bond acceptors (Lipinski definition) is 5. The summed E-state index contributed by atoms with van der Waals surface area (Å²) in [6.45, 7) is 6.54. The highest BCUT2D eigenvalue weighted by Gasteiger charge is 2.25. The fraction of sp³-hybridized carbons (Fsp3) is 0.667. The van der Waals surface area contributed by atoms with Crippen LogP contribution in [0.15, 0.2) is 6.33 Å². The fourth-order valence-corrected chi connectivity index (χ4v) is 1.85. The average molecular weight is 236 g/mol. The summed E-state index contributed by atoms with van der Waals surface area (Å²) < 4.78 is 5.39. The van der Waals surface area contributed by atoms with Crippen LogP contribution < -0.4 is 15.4 Å². The van der Waals surface area contributed by atoms with Crippen LogP contribution in [0.1, 0.15) is 26.7 Å². The van der Waals surface area contributed by atoms with E-state index in [4.69, 9.17) is 10.5 Å². The number of nitrogen functional groups attached to an aromatic ring is 1. The SMILES string of the molecule is CCOc1ncnc(N(CC)CC2CC2)c1N. The van der Waals surface area contributed by atoms with Crippen LogP contribution in [0.3, 0.4) is 0 Å². The summed E-state index contributed by atoms with van der Waals surface area (Å²) in [5.41, 5.74) is 6.60. The van der Waals surface area contributed by atoms with Crippen molar-refractivity contribution in [1.29, 1.82) is 0 Å². The van der Waals surface area contributed by atoms with Gasteiger partial charge in [-0.05, 0) is 32.6 Å². The van der Waals surface area contributed by atoms with E-state index in [1.54, 1.807) is 0 Å². The summed E-state index contributed by atoms with van der Waals surface area (Å²) in [6, 6.07) is 0. The molecule has 0 saturated heterocycles. The second kappa shape index (κ2) is 5.21. The number of nitrogens with zero attached hydrogens (tertiary/aromatic N) is 3. The van der Waals surface area contributed by atoms with Crippen LogP contribution in [-0.4, -0.2) is 29.7 Å². The summed E-state index contributed by atoms with van der Waals surface area (Å²) in [4.78, 5) is 10.5. The molecule has 0 bridgehead atoms. The van der Waals surface area contributed by atoms with Gasteiger partial charge >= 0.3 is 0 Å². The Bertz CT molecular complexity index is 379. The summed E-state index contributed by atoms with van der Waals surface area (Å²) in [5, 5.41) is 0. The molecule has 0 amide bonds. The number of nitrogens with two attached hydrogens (primary N) is 1. The van der Waals surface area contributed by atoms with Gasteiger partial charge in [0.25, 0.3) is 0 Å². The molecule has 1 aliphatic carbocycles. The molecule has 94 valence electrons. The van der Waals surface area contributed by atoms with Crippen LogP contribution >= 0.6 is 0 Å². The Kier molecular flexibility index (Phi) is 3.66. The van der Waals surface area contributed by atoms with E-state index in [-0.39, 0.29) is 0 Å². The minimum Gasteiger partial charge on any atom is -0.476 e. The largest absolute Gasteiger partial charge is 0.476 e. The van der Waals surface area contributed by atoms with Gasteiger partial charge in [0, 0.05) is 13.1 Å². The van der Waals surface area contributed by atoms with Crippen molar-refractivity contribution in [2.75, 3.05) is 30.3 Å². The lowest BCUT2D eigenvalue weighted by molar-refractivity contribution is 0.328. The van der Waals surface area contributed by atoms with E-state index >= 15 is 0 Å². The number of rotatable bonds is 6. The molecule has 2 rings (SSSR count). The number of anilines is 2. The Morgan fingerprint density at radius 2 is 2.18 bits per heavy atom. The van der Waals surface area contributed by atoms with Gasteiger partial charge in [0.2, 0.25) is 5.88 Å². The van der Waals surface area contributed by atoms with E-state index in [1.807, 2.05) is 6.92 Å². The quantitative estimate of drug-likeness (QED) is 0.814. The zero-order valence-electron chi connectivity index (χ0n) is 10.5. The van der Waals surface area contributed by atoms with Gasteiger partial charge in [-0.3, -0.25) is 0 Å². The van der Waals surface area contributed by atoms with Crippen LogP contribution in [-0.2, 0) is 0 Å². The van der Waals surface area contributed by atoms with Crippen molar-refractivity contribution >= 4 is 11.5 Å². The number of ether oxygens (including phenoxy) is 1. The highest BCUT2D eigenvalue weighted by Crippen LogP contribution is 2.34. The minimum atomic E-state index is 0.492. The lowest BCUT2D eigenvalue weighted by atomic mass is 10.3. The van der Waals surface area contributed by atoms with Gasteiger partial charge < -0.3 is 15.4 Å². The lowest BCUT2D eigenvalue weighted by Crippen LogP contribution is -2.27. The standard InChI is InChI=1S/C12H20N4O/c1-3-16(7-9-5-6-9)11-10(13)12(17-4-2)15-8-14-11/h8-9H,3-7,13H2,1-2H3. The van der Waals surface area contributed by atoms with Crippen LogP contribution in [0.5, 0.6) is 5.88 Å². The molecule has 1 heterocycles.